The van der Waals surface area contributed by atoms with Crippen LogP contribution in [-0.2, 0) is 10.0 Å². The first-order valence-electron chi connectivity index (χ1n) is 6.36. The van der Waals surface area contributed by atoms with Gasteiger partial charge in [0.05, 0.1) is 11.3 Å². The molecule has 0 aliphatic rings. The van der Waals surface area contributed by atoms with Crippen molar-refractivity contribution in [1.82, 2.24) is 14.6 Å². The lowest BCUT2D eigenvalue weighted by atomic mass is 10.1. The van der Waals surface area contributed by atoms with Crippen LogP contribution < -0.4 is 11.1 Å². The number of nitrogens with zero attached hydrogens (tertiary/aromatic N) is 1. The van der Waals surface area contributed by atoms with E-state index in [1.807, 2.05) is 0 Å². The molecule has 0 unspecified atom stereocenters. The number of fused-ring (bicyclic) bond motifs is 1. The fourth-order valence-corrected chi connectivity index (χ4v) is 2.62. The molecule has 1 aromatic heterocycles. The number of amides is 1. The minimum atomic E-state index is -3.32. The minimum Gasteiger partial charge on any atom is -0.399 e. The van der Waals surface area contributed by atoms with Crippen molar-refractivity contribution < 1.29 is 13.2 Å². The van der Waals surface area contributed by atoms with Gasteiger partial charge in [0.15, 0.2) is 0 Å². The second-order valence-corrected chi connectivity index (χ2v) is 7.16. The summed E-state index contributed by atoms with van der Waals surface area (Å²) in [7, 11) is -0.405. The van der Waals surface area contributed by atoms with Gasteiger partial charge in [0.1, 0.15) is 0 Å². The number of H-pyrrole nitrogens is 1. The van der Waals surface area contributed by atoms with E-state index in [2.05, 4.69) is 10.3 Å². The molecule has 8 heteroatoms. The Morgan fingerprint density at radius 1 is 1.38 bits per heavy atom. The van der Waals surface area contributed by atoms with Crippen LogP contribution in [0.5, 0.6) is 0 Å². The summed E-state index contributed by atoms with van der Waals surface area (Å²) in [6.45, 7) is 0.0499. The number of nitrogens with two attached hydrogens (primary N) is 1. The smallest absolute Gasteiger partial charge is 0.253 e. The number of anilines is 1. The highest BCUT2D eigenvalue weighted by Crippen LogP contribution is 2.20. The van der Waals surface area contributed by atoms with Gasteiger partial charge in [-0.1, -0.05) is 0 Å². The van der Waals surface area contributed by atoms with Crippen LogP contribution in [-0.4, -0.2) is 50.0 Å². The number of hydrogen-bond donors (Lipinski definition) is 3. The molecule has 0 spiro atoms. The van der Waals surface area contributed by atoms with Gasteiger partial charge in [0, 0.05) is 43.4 Å². The van der Waals surface area contributed by atoms with E-state index in [1.165, 1.54) is 14.1 Å². The van der Waals surface area contributed by atoms with Crippen LogP contribution in [0.1, 0.15) is 10.4 Å². The number of aromatic amines is 1. The maximum atomic E-state index is 12.1. The van der Waals surface area contributed by atoms with Crippen LogP contribution in [0.2, 0.25) is 0 Å². The largest absolute Gasteiger partial charge is 0.399 e. The molecule has 0 radical (unpaired) electrons. The molecule has 1 amide bonds. The number of benzene rings is 1. The second-order valence-electron chi connectivity index (χ2n) is 4.86. The Morgan fingerprint density at radius 2 is 2.10 bits per heavy atom. The van der Waals surface area contributed by atoms with Crippen LogP contribution >= 0.6 is 0 Å². The molecule has 21 heavy (non-hydrogen) atoms. The number of nitrogens with one attached hydrogen (secondary N) is 2. The number of hydrogen-bond acceptors (Lipinski definition) is 4. The van der Waals surface area contributed by atoms with Crippen molar-refractivity contribution in [3.8, 4) is 0 Å². The molecule has 114 valence electrons. The monoisotopic (exact) mass is 310 g/mol. The van der Waals surface area contributed by atoms with Crippen molar-refractivity contribution in [2.45, 2.75) is 0 Å². The Labute approximate surface area is 123 Å². The summed E-state index contributed by atoms with van der Waals surface area (Å²) >= 11 is 0. The molecule has 2 rings (SSSR count). The van der Waals surface area contributed by atoms with Gasteiger partial charge in [-0.3, -0.25) is 4.79 Å². The SMILES string of the molecule is CN(C)S(=O)(=O)CCNC(=O)c1c[nH]c2ccc(N)cc12. The van der Waals surface area contributed by atoms with Gasteiger partial charge in [0.2, 0.25) is 10.0 Å². The molecular weight excluding hydrogens is 292 g/mol. The minimum absolute atomic E-state index is 0.0499. The maximum absolute atomic E-state index is 12.1. The Bertz CT molecular complexity index is 765. The molecule has 4 N–H and O–H groups in total. The molecule has 2 aromatic rings. The van der Waals surface area contributed by atoms with E-state index in [9.17, 15) is 13.2 Å². The van der Waals surface area contributed by atoms with E-state index >= 15 is 0 Å². The Kier molecular flexibility index (Phi) is 4.19. The molecule has 0 bridgehead atoms. The number of rotatable bonds is 5. The summed E-state index contributed by atoms with van der Waals surface area (Å²) in [6, 6.07) is 5.24. The van der Waals surface area contributed by atoms with Crippen LogP contribution in [0.3, 0.4) is 0 Å². The first-order valence-corrected chi connectivity index (χ1v) is 7.97. The third-order valence-electron chi connectivity index (χ3n) is 3.15. The summed E-state index contributed by atoms with van der Waals surface area (Å²) in [5, 5.41) is 3.31. The maximum Gasteiger partial charge on any atom is 0.253 e. The first-order chi connectivity index (χ1) is 9.81. The highest BCUT2D eigenvalue weighted by molar-refractivity contribution is 7.89. The Balaban J connectivity index is 2.08. The highest BCUT2D eigenvalue weighted by Gasteiger charge is 2.16. The van der Waals surface area contributed by atoms with Crippen molar-refractivity contribution in [2.75, 3.05) is 32.1 Å². The third-order valence-corrected chi connectivity index (χ3v) is 4.99. The fraction of sp³-hybridized carbons (Fsp3) is 0.308. The molecule has 1 heterocycles. The van der Waals surface area contributed by atoms with E-state index in [1.54, 1.807) is 24.4 Å². The molecule has 7 nitrogen and oxygen atoms in total. The number of carbonyl (C=O) groups is 1. The van der Waals surface area contributed by atoms with Crippen LogP contribution in [0.4, 0.5) is 5.69 Å². The lowest BCUT2D eigenvalue weighted by Crippen LogP contribution is -2.33. The van der Waals surface area contributed by atoms with Gasteiger partial charge in [-0.2, -0.15) is 0 Å². The molecule has 0 aliphatic heterocycles. The van der Waals surface area contributed by atoms with Crippen molar-refractivity contribution in [2.24, 2.45) is 0 Å². The van der Waals surface area contributed by atoms with Gasteiger partial charge in [0.25, 0.3) is 5.91 Å². The Morgan fingerprint density at radius 3 is 2.76 bits per heavy atom. The van der Waals surface area contributed by atoms with E-state index in [0.29, 0.717) is 16.6 Å². The number of nitrogen functional groups attached to an aromatic ring is 1. The zero-order chi connectivity index (χ0) is 15.6. The van der Waals surface area contributed by atoms with Gasteiger partial charge in [-0.05, 0) is 18.2 Å². The summed E-state index contributed by atoms with van der Waals surface area (Å²) < 4.78 is 24.3. The van der Waals surface area contributed by atoms with E-state index in [0.717, 1.165) is 9.82 Å². The standard InChI is InChI=1S/C13H18N4O3S/c1-17(2)21(19,20)6-5-15-13(18)11-8-16-12-4-3-9(14)7-10(11)12/h3-4,7-8,16H,5-6,14H2,1-2H3,(H,15,18). The average molecular weight is 310 g/mol. The van der Waals surface area contributed by atoms with E-state index in [4.69, 9.17) is 5.73 Å². The molecule has 0 fully saturated rings. The normalized spacial score (nSPS) is 12.0. The zero-order valence-corrected chi connectivity index (χ0v) is 12.7. The lowest BCUT2D eigenvalue weighted by Gasteiger charge is -2.11. The number of aromatic nitrogens is 1. The van der Waals surface area contributed by atoms with Crippen LogP contribution in [0.15, 0.2) is 24.4 Å². The zero-order valence-electron chi connectivity index (χ0n) is 11.9. The Hall–Kier alpha value is -2.06. The average Bonchev–Trinajstić information content (AvgIpc) is 2.81. The van der Waals surface area contributed by atoms with Gasteiger partial charge < -0.3 is 16.0 Å². The predicted molar refractivity (Wildman–Crippen MR) is 82.5 cm³/mol. The van der Waals surface area contributed by atoms with Crippen LogP contribution in [0.25, 0.3) is 10.9 Å². The molecule has 0 aliphatic carbocycles. The summed E-state index contributed by atoms with van der Waals surface area (Å²) in [6.07, 6.45) is 1.58. The lowest BCUT2D eigenvalue weighted by molar-refractivity contribution is 0.0958. The van der Waals surface area contributed by atoms with Crippen LogP contribution in [0, 0.1) is 0 Å². The van der Waals surface area contributed by atoms with E-state index in [-0.39, 0.29) is 18.2 Å². The third kappa shape index (κ3) is 3.34. The van der Waals surface area contributed by atoms with Gasteiger partial charge in [-0.15, -0.1) is 0 Å². The molecule has 0 atom stereocenters. The number of sulfonamides is 1. The summed E-state index contributed by atoms with van der Waals surface area (Å²) in [4.78, 5) is 15.1. The molecule has 0 saturated heterocycles. The highest BCUT2D eigenvalue weighted by atomic mass is 32.2. The van der Waals surface area contributed by atoms with E-state index < -0.39 is 10.0 Å². The van der Waals surface area contributed by atoms with Gasteiger partial charge >= 0.3 is 0 Å². The fourth-order valence-electron chi connectivity index (χ4n) is 1.90. The van der Waals surface area contributed by atoms with Crippen molar-refractivity contribution in [3.63, 3.8) is 0 Å². The number of carbonyl (C=O) groups excluding carboxylic acids is 1. The van der Waals surface area contributed by atoms with Crippen molar-refractivity contribution in [3.05, 3.63) is 30.0 Å². The predicted octanol–water partition coefficient (Wildman–Crippen LogP) is 0.371. The van der Waals surface area contributed by atoms with Gasteiger partial charge in [-0.25, -0.2) is 12.7 Å². The van der Waals surface area contributed by atoms with Crippen molar-refractivity contribution >= 4 is 32.5 Å². The molecule has 1 aromatic carbocycles. The topological polar surface area (TPSA) is 108 Å². The molecular formula is C13H18N4O3S. The summed E-state index contributed by atoms with van der Waals surface area (Å²) in [5.74, 6) is -0.475. The molecule has 0 saturated carbocycles. The second kappa shape index (κ2) is 5.74. The quantitative estimate of drug-likeness (QED) is 0.693. The van der Waals surface area contributed by atoms with Crippen molar-refractivity contribution in [1.29, 1.82) is 0 Å². The first kappa shape index (κ1) is 15.3. The summed E-state index contributed by atoms with van der Waals surface area (Å²) in [5.41, 5.74) is 7.52.